The van der Waals surface area contributed by atoms with Crippen LogP contribution < -0.4 is 0 Å². The molecule has 1 aromatic rings. The molecule has 0 saturated carbocycles. The molecule has 0 N–H and O–H groups in total. The Morgan fingerprint density at radius 3 is 2.73 bits per heavy atom. The van der Waals surface area contributed by atoms with Crippen LogP contribution in [0.2, 0.25) is 5.02 Å². The molecule has 0 saturated heterocycles. The molecule has 0 unspecified atom stereocenters. The van der Waals surface area contributed by atoms with E-state index in [0.29, 0.717) is 0 Å². The Morgan fingerprint density at radius 1 is 1.45 bits per heavy atom. The first-order valence-corrected chi connectivity index (χ1v) is 5.09. The van der Waals surface area contributed by atoms with Gasteiger partial charge in [0.1, 0.15) is 0 Å². The van der Waals surface area contributed by atoms with E-state index in [2.05, 4.69) is 28.6 Å². The average Bonchev–Trinajstić information content (AvgIpc) is 1.98. The van der Waals surface area contributed by atoms with Crippen molar-refractivity contribution in [3.05, 3.63) is 33.3 Å². The van der Waals surface area contributed by atoms with Gasteiger partial charge in [0.05, 0.1) is 5.02 Å². The molecular weight excluding hydrogens is 244 g/mol. The van der Waals surface area contributed by atoms with Crippen molar-refractivity contribution in [1.29, 1.82) is 0 Å². The molecular formula is C8H8BrClS. The van der Waals surface area contributed by atoms with E-state index in [1.807, 2.05) is 18.2 Å². The van der Waals surface area contributed by atoms with Crippen molar-refractivity contribution in [1.82, 2.24) is 0 Å². The molecule has 0 aliphatic carbocycles. The molecule has 1 aromatic carbocycles. The number of benzene rings is 1. The van der Waals surface area contributed by atoms with Crippen LogP contribution in [0.25, 0.3) is 0 Å². The molecule has 0 fully saturated rings. The van der Waals surface area contributed by atoms with Gasteiger partial charge in [-0.3, -0.25) is 0 Å². The van der Waals surface area contributed by atoms with Crippen LogP contribution in [0, 0.1) is 0 Å². The minimum Gasteiger partial charge on any atom is -0.179 e. The number of rotatable bonds is 2. The lowest BCUT2D eigenvalue weighted by atomic mass is 10.2. The van der Waals surface area contributed by atoms with Gasteiger partial charge in [0.15, 0.2) is 0 Å². The molecule has 0 aliphatic heterocycles. The van der Waals surface area contributed by atoms with Gasteiger partial charge in [-0.15, -0.1) is 0 Å². The summed E-state index contributed by atoms with van der Waals surface area (Å²) < 4.78 is 0.957. The molecule has 0 aliphatic rings. The van der Waals surface area contributed by atoms with E-state index in [4.69, 9.17) is 11.6 Å². The Kier molecular flexibility index (Phi) is 3.76. The fourth-order valence-electron chi connectivity index (χ4n) is 0.824. The van der Waals surface area contributed by atoms with Gasteiger partial charge >= 0.3 is 0 Å². The number of hydrogen-bond acceptors (Lipinski definition) is 1. The van der Waals surface area contributed by atoms with E-state index >= 15 is 0 Å². The Morgan fingerprint density at radius 2 is 2.18 bits per heavy atom. The van der Waals surface area contributed by atoms with E-state index in [-0.39, 0.29) is 0 Å². The summed E-state index contributed by atoms with van der Waals surface area (Å²) >= 11 is 13.3. The zero-order valence-electron chi connectivity index (χ0n) is 5.85. The van der Waals surface area contributed by atoms with Gasteiger partial charge in [0.2, 0.25) is 0 Å². The number of aryl methyl sites for hydroxylation is 1. The first kappa shape index (κ1) is 9.43. The summed E-state index contributed by atoms with van der Waals surface area (Å²) in [6.45, 7) is 0. The quantitative estimate of drug-likeness (QED) is 0.763. The van der Waals surface area contributed by atoms with Crippen LogP contribution in [0.5, 0.6) is 0 Å². The fourth-order valence-corrected chi connectivity index (χ4v) is 1.63. The Labute approximate surface area is 85.5 Å². The van der Waals surface area contributed by atoms with E-state index in [0.717, 1.165) is 21.7 Å². The standard InChI is InChI=1S/C8H8BrClS/c9-7-5-6(3-4-11)1-2-8(7)10/h1-2,5,11H,3-4H2. The predicted molar refractivity (Wildman–Crippen MR) is 56.7 cm³/mol. The number of hydrogen-bond donors (Lipinski definition) is 1. The van der Waals surface area contributed by atoms with Crippen LogP contribution in [0.15, 0.2) is 22.7 Å². The summed E-state index contributed by atoms with van der Waals surface area (Å²) in [4.78, 5) is 0. The van der Waals surface area contributed by atoms with E-state index in [1.165, 1.54) is 5.56 Å². The highest BCUT2D eigenvalue weighted by atomic mass is 79.9. The monoisotopic (exact) mass is 250 g/mol. The van der Waals surface area contributed by atoms with Gasteiger partial charge in [-0.05, 0) is 45.8 Å². The summed E-state index contributed by atoms with van der Waals surface area (Å²) in [5, 5.41) is 0.757. The van der Waals surface area contributed by atoms with Crippen LogP contribution >= 0.6 is 40.2 Å². The predicted octanol–water partition coefficient (Wildman–Crippen LogP) is 3.57. The van der Waals surface area contributed by atoms with Gasteiger partial charge in [-0.2, -0.15) is 12.6 Å². The summed E-state index contributed by atoms with van der Waals surface area (Å²) in [5.41, 5.74) is 1.26. The van der Waals surface area contributed by atoms with Crippen LogP contribution in [0.4, 0.5) is 0 Å². The summed E-state index contributed by atoms with van der Waals surface area (Å²) in [6.07, 6.45) is 0.985. The first-order chi connectivity index (χ1) is 5.24. The molecule has 11 heavy (non-hydrogen) atoms. The second-order valence-corrected chi connectivity index (χ2v) is 3.93. The highest BCUT2D eigenvalue weighted by Gasteiger charge is 1.97. The van der Waals surface area contributed by atoms with Crippen molar-refractivity contribution in [3.8, 4) is 0 Å². The molecule has 0 spiro atoms. The van der Waals surface area contributed by atoms with Gasteiger partial charge in [0.25, 0.3) is 0 Å². The summed E-state index contributed by atoms with van der Waals surface area (Å²) in [6, 6.07) is 5.94. The van der Waals surface area contributed by atoms with Crippen LogP contribution in [-0.4, -0.2) is 5.75 Å². The lowest BCUT2D eigenvalue weighted by Crippen LogP contribution is -1.85. The maximum absolute atomic E-state index is 5.81. The van der Waals surface area contributed by atoms with Gasteiger partial charge < -0.3 is 0 Å². The SMILES string of the molecule is SCCc1ccc(Cl)c(Br)c1. The van der Waals surface area contributed by atoms with Gasteiger partial charge in [0, 0.05) is 4.47 Å². The second-order valence-electron chi connectivity index (χ2n) is 2.22. The van der Waals surface area contributed by atoms with Crippen LogP contribution in [0.1, 0.15) is 5.56 Å². The lowest BCUT2D eigenvalue weighted by Gasteiger charge is -1.99. The number of thiol groups is 1. The summed E-state index contributed by atoms with van der Waals surface area (Å²) in [7, 11) is 0. The topological polar surface area (TPSA) is 0 Å². The van der Waals surface area contributed by atoms with Crippen LogP contribution in [0.3, 0.4) is 0 Å². The van der Waals surface area contributed by atoms with E-state index in [9.17, 15) is 0 Å². The molecule has 0 nitrogen and oxygen atoms in total. The van der Waals surface area contributed by atoms with Crippen molar-refractivity contribution in [2.45, 2.75) is 6.42 Å². The van der Waals surface area contributed by atoms with Gasteiger partial charge in [-0.25, -0.2) is 0 Å². The second kappa shape index (κ2) is 4.39. The van der Waals surface area contributed by atoms with Crippen molar-refractivity contribution in [2.75, 3.05) is 5.75 Å². The largest absolute Gasteiger partial charge is 0.179 e. The minimum atomic E-state index is 0.757. The number of halogens is 2. The third-order valence-corrected chi connectivity index (χ3v) is 2.82. The molecule has 1 rings (SSSR count). The van der Waals surface area contributed by atoms with Crippen molar-refractivity contribution in [2.24, 2.45) is 0 Å². The highest BCUT2D eigenvalue weighted by Crippen LogP contribution is 2.23. The van der Waals surface area contributed by atoms with Crippen molar-refractivity contribution < 1.29 is 0 Å². The van der Waals surface area contributed by atoms with Crippen LogP contribution in [-0.2, 0) is 6.42 Å². The third kappa shape index (κ3) is 2.69. The molecule has 0 amide bonds. The zero-order chi connectivity index (χ0) is 8.27. The fraction of sp³-hybridized carbons (Fsp3) is 0.250. The highest BCUT2D eigenvalue weighted by molar-refractivity contribution is 9.10. The molecule has 0 radical (unpaired) electrons. The van der Waals surface area contributed by atoms with E-state index < -0.39 is 0 Å². The molecule has 3 heteroatoms. The Balaban J connectivity index is 2.86. The molecule has 0 bridgehead atoms. The zero-order valence-corrected chi connectivity index (χ0v) is 9.09. The molecule has 0 atom stereocenters. The smallest absolute Gasteiger partial charge is 0.0548 e. The normalized spacial score (nSPS) is 10.1. The Hall–Kier alpha value is 0.340. The summed E-state index contributed by atoms with van der Waals surface area (Å²) in [5.74, 6) is 0.869. The first-order valence-electron chi connectivity index (χ1n) is 3.29. The molecule has 0 aromatic heterocycles. The third-order valence-electron chi connectivity index (χ3n) is 1.38. The average molecular weight is 252 g/mol. The lowest BCUT2D eigenvalue weighted by molar-refractivity contribution is 1.16. The Bertz CT molecular complexity index is 250. The maximum Gasteiger partial charge on any atom is 0.0548 e. The van der Waals surface area contributed by atoms with Crippen molar-refractivity contribution in [3.63, 3.8) is 0 Å². The molecule has 60 valence electrons. The molecule has 0 heterocycles. The van der Waals surface area contributed by atoms with Gasteiger partial charge in [-0.1, -0.05) is 17.7 Å². The van der Waals surface area contributed by atoms with E-state index in [1.54, 1.807) is 0 Å². The van der Waals surface area contributed by atoms with Crippen molar-refractivity contribution >= 4 is 40.2 Å². The minimum absolute atomic E-state index is 0.757. The maximum atomic E-state index is 5.81.